The molecule has 2 aromatic rings. The molecule has 0 saturated heterocycles. The molecule has 80 valence electrons. The van der Waals surface area contributed by atoms with Gasteiger partial charge in [-0.15, -0.1) is 10.2 Å². The summed E-state index contributed by atoms with van der Waals surface area (Å²) < 4.78 is 6.00. The van der Waals surface area contributed by atoms with E-state index in [0.717, 1.165) is 9.37 Å². The van der Waals surface area contributed by atoms with Crippen molar-refractivity contribution in [2.75, 3.05) is 0 Å². The largest absolute Gasteiger partial charge is 0.416 e. The third-order valence-electron chi connectivity index (χ3n) is 1.77. The van der Waals surface area contributed by atoms with Crippen LogP contribution in [0.1, 0.15) is 11.5 Å². The van der Waals surface area contributed by atoms with E-state index in [-0.39, 0.29) is 0 Å². The smallest absolute Gasteiger partial charge is 0.281 e. The van der Waals surface area contributed by atoms with Gasteiger partial charge in [-0.25, -0.2) is 0 Å². The molecule has 0 saturated carbocycles. The van der Waals surface area contributed by atoms with Crippen molar-refractivity contribution in [2.24, 2.45) is 0 Å². The summed E-state index contributed by atoms with van der Waals surface area (Å²) in [4.78, 5) is 0.939. The second-order valence-electron chi connectivity index (χ2n) is 2.94. The number of hydrogen-bond acceptors (Lipinski definition) is 5. The van der Waals surface area contributed by atoms with Gasteiger partial charge in [0.2, 0.25) is 5.89 Å². The molecule has 0 radical (unpaired) electrons. The van der Waals surface area contributed by atoms with Gasteiger partial charge in [-0.2, -0.15) is 5.26 Å². The number of rotatable bonds is 2. The zero-order valence-electron chi connectivity index (χ0n) is 8.27. The van der Waals surface area contributed by atoms with E-state index in [1.807, 2.05) is 12.1 Å². The van der Waals surface area contributed by atoms with Crippen molar-refractivity contribution in [2.45, 2.75) is 17.0 Å². The Balaban J connectivity index is 2.23. The van der Waals surface area contributed by atoms with Gasteiger partial charge in [-0.3, -0.25) is 0 Å². The van der Waals surface area contributed by atoms with Gasteiger partial charge in [0.05, 0.1) is 5.56 Å². The molecule has 0 amide bonds. The maximum Gasteiger partial charge on any atom is 0.281 e. The molecular weight excluding hydrogens is 290 g/mol. The lowest BCUT2D eigenvalue weighted by Crippen LogP contribution is -1.79. The quantitative estimate of drug-likeness (QED) is 0.851. The minimum absolute atomic E-state index is 0.495. The van der Waals surface area contributed by atoms with Crippen molar-refractivity contribution in [3.05, 3.63) is 34.1 Å². The normalized spacial score (nSPS) is 10.1. The highest BCUT2D eigenvalue weighted by molar-refractivity contribution is 9.10. The molecule has 1 aromatic carbocycles. The molecule has 0 fully saturated rings. The van der Waals surface area contributed by atoms with Crippen LogP contribution in [0, 0.1) is 18.3 Å². The van der Waals surface area contributed by atoms with Crippen LogP contribution in [0.5, 0.6) is 0 Å². The van der Waals surface area contributed by atoms with Crippen LogP contribution in [-0.2, 0) is 0 Å². The molecule has 0 atom stereocenters. The molecule has 0 bridgehead atoms. The van der Waals surface area contributed by atoms with E-state index >= 15 is 0 Å². The zero-order valence-corrected chi connectivity index (χ0v) is 10.7. The second kappa shape index (κ2) is 4.68. The Morgan fingerprint density at radius 2 is 2.25 bits per heavy atom. The van der Waals surface area contributed by atoms with Crippen LogP contribution < -0.4 is 0 Å². The first-order valence-corrected chi connectivity index (χ1v) is 5.97. The number of halogens is 1. The van der Waals surface area contributed by atoms with Crippen LogP contribution in [0.25, 0.3) is 0 Å². The minimum atomic E-state index is 0.495. The van der Waals surface area contributed by atoms with E-state index in [4.69, 9.17) is 9.68 Å². The van der Waals surface area contributed by atoms with Gasteiger partial charge >= 0.3 is 0 Å². The van der Waals surface area contributed by atoms with Crippen LogP contribution in [0.4, 0.5) is 0 Å². The van der Waals surface area contributed by atoms with Crippen molar-refractivity contribution in [1.82, 2.24) is 10.2 Å². The highest BCUT2D eigenvalue weighted by atomic mass is 79.9. The topological polar surface area (TPSA) is 62.7 Å². The lowest BCUT2D eigenvalue weighted by molar-refractivity contribution is 0.429. The van der Waals surface area contributed by atoms with Gasteiger partial charge in [-0.1, -0.05) is 0 Å². The molecule has 4 nitrogen and oxygen atoms in total. The Labute approximate surface area is 105 Å². The van der Waals surface area contributed by atoms with Crippen LogP contribution in [0.15, 0.2) is 37.2 Å². The summed E-state index contributed by atoms with van der Waals surface area (Å²) in [6.45, 7) is 1.74. The number of hydrogen-bond donors (Lipinski definition) is 0. The van der Waals surface area contributed by atoms with Gasteiger partial charge in [-0.05, 0) is 45.9 Å². The number of nitriles is 1. The summed E-state index contributed by atoms with van der Waals surface area (Å²) in [5.74, 6) is 0.537. The maximum atomic E-state index is 8.77. The first-order valence-electron chi connectivity index (χ1n) is 4.36. The van der Waals surface area contributed by atoms with Crippen molar-refractivity contribution < 1.29 is 4.42 Å². The summed E-state index contributed by atoms with van der Waals surface area (Å²) in [5.41, 5.74) is 0.603. The average molecular weight is 296 g/mol. The molecule has 6 heteroatoms. The molecule has 1 heterocycles. The predicted molar refractivity (Wildman–Crippen MR) is 62.0 cm³/mol. The van der Waals surface area contributed by atoms with Crippen molar-refractivity contribution in [3.63, 3.8) is 0 Å². The molecule has 0 aliphatic heterocycles. The van der Waals surface area contributed by atoms with Gasteiger partial charge in [0.25, 0.3) is 5.22 Å². The van der Waals surface area contributed by atoms with E-state index in [2.05, 4.69) is 32.2 Å². The summed E-state index contributed by atoms with van der Waals surface area (Å²) in [5, 5.41) is 16.9. The SMILES string of the molecule is Cc1nnc(Sc2ccc(C#N)c(Br)c2)o1. The average Bonchev–Trinajstić information content (AvgIpc) is 2.64. The Morgan fingerprint density at radius 1 is 1.44 bits per heavy atom. The Kier molecular flexibility index (Phi) is 3.27. The maximum absolute atomic E-state index is 8.77. The fourth-order valence-electron chi connectivity index (χ4n) is 1.07. The lowest BCUT2D eigenvalue weighted by Gasteiger charge is -1.98. The van der Waals surface area contributed by atoms with Gasteiger partial charge in [0.15, 0.2) is 0 Å². The van der Waals surface area contributed by atoms with Crippen molar-refractivity contribution in [1.29, 1.82) is 5.26 Å². The van der Waals surface area contributed by atoms with Gasteiger partial charge < -0.3 is 4.42 Å². The molecule has 0 aliphatic rings. The summed E-state index contributed by atoms with van der Waals surface area (Å²) in [6, 6.07) is 7.52. The van der Waals surface area contributed by atoms with E-state index in [0.29, 0.717) is 16.7 Å². The van der Waals surface area contributed by atoms with E-state index in [9.17, 15) is 0 Å². The lowest BCUT2D eigenvalue weighted by atomic mass is 10.2. The molecule has 16 heavy (non-hydrogen) atoms. The zero-order chi connectivity index (χ0) is 11.5. The van der Waals surface area contributed by atoms with Gasteiger partial charge in [0, 0.05) is 16.3 Å². The fraction of sp³-hybridized carbons (Fsp3) is 0.100. The fourth-order valence-corrected chi connectivity index (χ4v) is 2.45. The summed E-state index contributed by atoms with van der Waals surface area (Å²) >= 11 is 4.69. The second-order valence-corrected chi connectivity index (χ2v) is 4.82. The third kappa shape index (κ3) is 2.43. The summed E-state index contributed by atoms with van der Waals surface area (Å²) in [7, 11) is 0. The molecule has 0 spiro atoms. The monoisotopic (exact) mass is 295 g/mol. The number of aromatic nitrogens is 2. The van der Waals surface area contributed by atoms with Crippen molar-refractivity contribution >= 4 is 27.7 Å². The van der Waals surface area contributed by atoms with E-state index < -0.39 is 0 Å². The molecule has 2 rings (SSSR count). The van der Waals surface area contributed by atoms with Gasteiger partial charge in [0.1, 0.15) is 6.07 Å². The molecule has 0 N–H and O–H groups in total. The highest BCUT2D eigenvalue weighted by Gasteiger charge is 2.06. The molecule has 1 aromatic heterocycles. The first-order chi connectivity index (χ1) is 7.69. The van der Waals surface area contributed by atoms with Crippen molar-refractivity contribution in [3.8, 4) is 6.07 Å². The Hall–Kier alpha value is -1.32. The van der Waals surface area contributed by atoms with E-state index in [1.165, 1.54) is 11.8 Å². The first kappa shape index (κ1) is 11.2. The predicted octanol–water partition coefficient (Wildman–Crippen LogP) is 3.16. The van der Waals surface area contributed by atoms with Crippen LogP contribution >= 0.6 is 27.7 Å². The standard InChI is InChI=1S/C10H6BrN3OS/c1-6-13-14-10(15-6)16-8-3-2-7(5-12)9(11)4-8/h2-4H,1H3. The Bertz CT molecular complexity index is 561. The third-order valence-corrected chi connectivity index (χ3v) is 3.26. The van der Waals surface area contributed by atoms with Crippen LogP contribution in [-0.4, -0.2) is 10.2 Å². The number of nitrogens with zero attached hydrogens (tertiary/aromatic N) is 3. The molecule has 0 unspecified atom stereocenters. The van der Waals surface area contributed by atoms with E-state index in [1.54, 1.807) is 13.0 Å². The molecular formula is C10H6BrN3OS. The molecule has 0 aliphatic carbocycles. The minimum Gasteiger partial charge on any atom is -0.416 e. The van der Waals surface area contributed by atoms with Crippen LogP contribution in [0.3, 0.4) is 0 Å². The number of benzene rings is 1. The summed E-state index contributed by atoms with van der Waals surface area (Å²) in [6.07, 6.45) is 0. The highest BCUT2D eigenvalue weighted by Crippen LogP contribution is 2.29. The Morgan fingerprint density at radius 3 is 2.81 bits per heavy atom. The van der Waals surface area contributed by atoms with Crippen LogP contribution in [0.2, 0.25) is 0 Å². The number of aryl methyl sites for hydroxylation is 1.